The van der Waals surface area contributed by atoms with E-state index < -0.39 is 0 Å². The Bertz CT molecular complexity index is 397. The molecule has 3 nitrogen and oxygen atoms in total. The maximum absolute atomic E-state index is 11.7. The number of methoxy groups -OCH3 is 1. The average Bonchev–Trinajstić information content (AvgIpc) is 2.17. The summed E-state index contributed by atoms with van der Waals surface area (Å²) in [6.07, 6.45) is 0.317. The topological polar surface area (TPSA) is 52.3 Å². The van der Waals surface area contributed by atoms with Crippen molar-refractivity contribution in [3.63, 3.8) is 0 Å². The molecule has 0 aromatic heterocycles. The number of nitrogen functional groups attached to an aromatic ring is 1. The van der Waals surface area contributed by atoms with E-state index in [0.717, 1.165) is 5.57 Å². The molecule has 0 aliphatic rings. The largest absolute Gasteiger partial charge is 0.497 e. The lowest BCUT2D eigenvalue weighted by molar-refractivity contribution is 0.0993. The molecule has 0 saturated heterocycles. The van der Waals surface area contributed by atoms with Gasteiger partial charge < -0.3 is 10.5 Å². The predicted octanol–water partition coefficient (Wildman–Crippen LogP) is 2.43. The highest BCUT2D eigenvalue weighted by molar-refractivity contribution is 6.02. The standard InChI is InChI=1S/C12H15NO2/c1-8(2)6-12(14)10-7-9(15-3)4-5-11(10)13/h4-5,7H,1,6,13H2,2-3H3. The van der Waals surface area contributed by atoms with Crippen LogP contribution >= 0.6 is 0 Å². The van der Waals surface area contributed by atoms with Gasteiger partial charge in [0.15, 0.2) is 5.78 Å². The maximum Gasteiger partial charge on any atom is 0.169 e. The van der Waals surface area contributed by atoms with Crippen molar-refractivity contribution in [1.29, 1.82) is 0 Å². The first-order valence-electron chi connectivity index (χ1n) is 4.65. The van der Waals surface area contributed by atoms with E-state index in [-0.39, 0.29) is 5.78 Å². The lowest BCUT2D eigenvalue weighted by atomic mass is 10.0. The van der Waals surface area contributed by atoms with Crippen molar-refractivity contribution in [3.05, 3.63) is 35.9 Å². The fourth-order valence-electron chi connectivity index (χ4n) is 1.27. The summed E-state index contributed by atoms with van der Waals surface area (Å²) < 4.78 is 5.03. The zero-order chi connectivity index (χ0) is 11.4. The van der Waals surface area contributed by atoms with Crippen LogP contribution in [0.4, 0.5) is 5.69 Å². The molecule has 0 heterocycles. The van der Waals surface area contributed by atoms with Crippen LogP contribution in [0.3, 0.4) is 0 Å². The summed E-state index contributed by atoms with van der Waals surface area (Å²) in [7, 11) is 1.55. The van der Waals surface area contributed by atoms with E-state index in [1.54, 1.807) is 25.3 Å². The number of ether oxygens (including phenoxy) is 1. The van der Waals surface area contributed by atoms with Crippen molar-refractivity contribution in [2.75, 3.05) is 12.8 Å². The molecule has 2 N–H and O–H groups in total. The van der Waals surface area contributed by atoms with Crippen molar-refractivity contribution in [2.45, 2.75) is 13.3 Å². The maximum atomic E-state index is 11.7. The third-order valence-electron chi connectivity index (χ3n) is 2.02. The molecule has 0 atom stereocenters. The lowest BCUT2D eigenvalue weighted by Gasteiger charge is -2.07. The van der Waals surface area contributed by atoms with Gasteiger partial charge in [0.1, 0.15) is 5.75 Å². The Labute approximate surface area is 89.5 Å². The predicted molar refractivity (Wildman–Crippen MR) is 61.2 cm³/mol. The smallest absolute Gasteiger partial charge is 0.169 e. The van der Waals surface area contributed by atoms with Gasteiger partial charge in [0, 0.05) is 17.7 Å². The molecular weight excluding hydrogens is 190 g/mol. The second kappa shape index (κ2) is 4.64. The number of Topliss-reactive ketones (excluding diaryl/α,β-unsaturated/α-hetero) is 1. The van der Waals surface area contributed by atoms with E-state index in [1.165, 1.54) is 0 Å². The fraction of sp³-hybridized carbons (Fsp3) is 0.250. The van der Waals surface area contributed by atoms with Gasteiger partial charge in [0.05, 0.1) is 7.11 Å². The molecule has 1 rings (SSSR count). The molecule has 1 aromatic carbocycles. The van der Waals surface area contributed by atoms with E-state index >= 15 is 0 Å². The number of hydrogen-bond donors (Lipinski definition) is 1. The SMILES string of the molecule is C=C(C)CC(=O)c1cc(OC)ccc1N. The highest BCUT2D eigenvalue weighted by Crippen LogP contribution is 2.21. The number of carbonyl (C=O) groups is 1. The number of anilines is 1. The number of allylic oxidation sites excluding steroid dienone is 1. The van der Waals surface area contributed by atoms with Gasteiger partial charge in [-0.05, 0) is 25.1 Å². The van der Waals surface area contributed by atoms with Gasteiger partial charge in [-0.1, -0.05) is 12.2 Å². The van der Waals surface area contributed by atoms with E-state index in [9.17, 15) is 4.79 Å². The first kappa shape index (κ1) is 11.3. The van der Waals surface area contributed by atoms with E-state index in [2.05, 4.69) is 6.58 Å². The van der Waals surface area contributed by atoms with Crippen molar-refractivity contribution < 1.29 is 9.53 Å². The molecular formula is C12H15NO2. The Kier molecular flexibility index (Phi) is 3.50. The molecule has 15 heavy (non-hydrogen) atoms. The molecule has 0 radical (unpaired) electrons. The number of nitrogens with two attached hydrogens (primary N) is 1. The zero-order valence-corrected chi connectivity index (χ0v) is 9.04. The summed E-state index contributed by atoms with van der Waals surface area (Å²) in [5, 5.41) is 0. The van der Waals surface area contributed by atoms with E-state index in [4.69, 9.17) is 10.5 Å². The zero-order valence-electron chi connectivity index (χ0n) is 9.04. The Morgan fingerprint density at radius 1 is 1.53 bits per heavy atom. The van der Waals surface area contributed by atoms with Crippen LogP contribution in [-0.2, 0) is 0 Å². The molecule has 0 unspecified atom stereocenters. The Morgan fingerprint density at radius 2 is 2.20 bits per heavy atom. The summed E-state index contributed by atoms with van der Waals surface area (Å²) in [6, 6.07) is 5.05. The summed E-state index contributed by atoms with van der Waals surface area (Å²) in [5.41, 5.74) is 7.51. The Morgan fingerprint density at radius 3 is 2.73 bits per heavy atom. The van der Waals surface area contributed by atoms with Crippen molar-refractivity contribution >= 4 is 11.5 Å². The molecule has 0 aliphatic carbocycles. The third-order valence-corrected chi connectivity index (χ3v) is 2.02. The van der Waals surface area contributed by atoms with Crippen LogP contribution in [0, 0.1) is 0 Å². The first-order valence-corrected chi connectivity index (χ1v) is 4.65. The third kappa shape index (κ3) is 2.84. The summed E-state index contributed by atoms with van der Waals surface area (Å²) in [6.45, 7) is 5.51. The minimum atomic E-state index is -0.0288. The molecule has 0 saturated carbocycles. The van der Waals surface area contributed by atoms with Crippen LogP contribution in [0.15, 0.2) is 30.4 Å². The normalized spacial score (nSPS) is 9.73. The second-order valence-electron chi connectivity index (χ2n) is 3.51. The van der Waals surface area contributed by atoms with Gasteiger partial charge >= 0.3 is 0 Å². The molecule has 0 bridgehead atoms. The van der Waals surface area contributed by atoms with Crippen LogP contribution in [-0.4, -0.2) is 12.9 Å². The fourth-order valence-corrected chi connectivity index (χ4v) is 1.27. The van der Waals surface area contributed by atoms with Crippen LogP contribution in [0.2, 0.25) is 0 Å². The number of ketones is 1. The summed E-state index contributed by atoms with van der Waals surface area (Å²) in [5.74, 6) is 0.605. The number of hydrogen-bond acceptors (Lipinski definition) is 3. The molecule has 0 spiro atoms. The first-order chi connectivity index (χ1) is 7.04. The molecule has 80 valence electrons. The summed E-state index contributed by atoms with van der Waals surface area (Å²) in [4.78, 5) is 11.7. The van der Waals surface area contributed by atoms with Crippen molar-refractivity contribution in [1.82, 2.24) is 0 Å². The number of rotatable bonds is 4. The van der Waals surface area contributed by atoms with Gasteiger partial charge in [-0.25, -0.2) is 0 Å². The van der Waals surface area contributed by atoms with Gasteiger partial charge in [-0.2, -0.15) is 0 Å². The minimum absolute atomic E-state index is 0.0288. The van der Waals surface area contributed by atoms with E-state index in [1.807, 2.05) is 6.92 Å². The van der Waals surface area contributed by atoms with Gasteiger partial charge in [0.2, 0.25) is 0 Å². The van der Waals surface area contributed by atoms with Crippen LogP contribution in [0.5, 0.6) is 5.75 Å². The van der Waals surface area contributed by atoms with Crippen LogP contribution in [0.1, 0.15) is 23.7 Å². The van der Waals surface area contributed by atoms with Gasteiger partial charge in [-0.3, -0.25) is 4.79 Å². The minimum Gasteiger partial charge on any atom is -0.497 e. The molecule has 0 fully saturated rings. The molecule has 0 aliphatic heterocycles. The van der Waals surface area contributed by atoms with Gasteiger partial charge in [-0.15, -0.1) is 0 Å². The lowest BCUT2D eigenvalue weighted by Crippen LogP contribution is -2.04. The average molecular weight is 205 g/mol. The van der Waals surface area contributed by atoms with Gasteiger partial charge in [0.25, 0.3) is 0 Å². The van der Waals surface area contributed by atoms with Crippen molar-refractivity contribution in [2.24, 2.45) is 0 Å². The number of carbonyl (C=O) groups excluding carboxylic acids is 1. The van der Waals surface area contributed by atoms with Crippen LogP contribution < -0.4 is 10.5 Å². The molecule has 3 heteroatoms. The van der Waals surface area contributed by atoms with Crippen molar-refractivity contribution in [3.8, 4) is 5.75 Å². The highest BCUT2D eigenvalue weighted by Gasteiger charge is 2.10. The quantitative estimate of drug-likeness (QED) is 0.466. The number of benzene rings is 1. The molecule has 0 amide bonds. The van der Waals surface area contributed by atoms with Crippen LogP contribution in [0.25, 0.3) is 0 Å². The molecule has 1 aromatic rings. The monoisotopic (exact) mass is 205 g/mol. The van der Waals surface area contributed by atoms with E-state index in [0.29, 0.717) is 23.4 Å². The highest BCUT2D eigenvalue weighted by atomic mass is 16.5. The second-order valence-corrected chi connectivity index (χ2v) is 3.51. The Balaban J connectivity index is 3.01. The summed E-state index contributed by atoms with van der Waals surface area (Å²) >= 11 is 0. The Hall–Kier alpha value is -1.77.